The molecule has 1 aromatic carbocycles. The highest BCUT2D eigenvalue weighted by atomic mass is 16.5. The standard InChI is InChI=1S/C24H26N6O3/c1-33-19-9-12-29(14-19)21(31)16-2-6-18(7-3-16)27-23-26-11-8-20(28-23)30-13-10-24(15-25,22(30)32)17-4-5-17/h2-3,6-8,11,17,19H,4-5,9-10,12-14H2,1H3,(H,26,27,28)/t19-,24-/m1/s1. The highest BCUT2D eigenvalue weighted by Crippen LogP contribution is 2.51. The third kappa shape index (κ3) is 3.91. The number of hydrogen-bond donors (Lipinski definition) is 1. The first-order valence-electron chi connectivity index (χ1n) is 11.3. The summed E-state index contributed by atoms with van der Waals surface area (Å²) in [4.78, 5) is 37.9. The summed E-state index contributed by atoms with van der Waals surface area (Å²) in [5.74, 6) is 0.842. The van der Waals surface area contributed by atoms with Crippen molar-refractivity contribution in [2.75, 3.05) is 37.0 Å². The largest absolute Gasteiger partial charge is 0.380 e. The molecule has 9 nitrogen and oxygen atoms in total. The van der Waals surface area contributed by atoms with Crippen molar-refractivity contribution in [1.82, 2.24) is 14.9 Å². The van der Waals surface area contributed by atoms with Crippen LogP contribution in [-0.4, -0.2) is 59.5 Å². The molecule has 1 N–H and O–H groups in total. The monoisotopic (exact) mass is 446 g/mol. The second-order valence-electron chi connectivity index (χ2n) is 8.90. The van der Waals surface area contributed by atoms with Crippen LogP contribution in [0.3, 0.4) is 0 Å². The molecule has 2 saturated heterocycles. The molecule has 1 saturated carbocycles. The van der Waals surface area contributed by atoms with Crippen molar-refractivity contribution in [3.63, 3.8) is 0 Å². The van der Waals surface area contributed by atoms with Crippen molar-refractivity contribution in [3.8, 4) is 6.07 Å². The second kappa shape index (κ2) is 8.45. The molecule has 0 spiro atoms. The molecule has 0 bridgehead atoms. The van der Waals surface area contributed by atoms with Crippen LogP contribution in [-0.2, 0) is 9.53 Å². The van der Waals surface area contributed by atoms with Gasteiger partial charge in [-0.2, -0.15) is 10.2 Å². The van der Waals surface area contributed by atoms with E-state index in [1.165, 1.54) is 0 Å². The average molecular weight is 447 g/mol. The number of nitrogens with zero attached hydrogens (tertiary/aromatic N) is 5. The minimum absolute atomic E-state index is 0.0106. The number of hydrogen-bond acceptors (Lipinski definition) is 7. The normalized spacial score (nSPS) is 24.7. The SMILES string of the molecule is CO[C@@H]1CCN(C(=O)c2ccc(Nc3nccc(N4CC[C@@](C#N)(C5CC5)C4=O)n3)cc2)C1. The zero-order valence-corrected chi connectivity index (χ0v) is 18.5. The molecule has 9 heteroatoms. The summed E-state index contributed by atoms with van der Waals surface area (Å²) in [6, 6.07) is 11.1. The maximum Gasteiger partial charge on any atom is 0.253 e. The van der Waals surface area contributed by atoms with E-state index in [1.54, 1.807) is 41.3 Å². The van der Waals surface area contributed by atoms with Gasteiger partial charge < -0.3 is 15.0 Å². The maximum atomic E-state index is 13.0. The van der Waals surface area contributed by atoms with Crippen LogP contribution in [0.25, 0.3) is 0 Å². The molecule has 1 aromatic heterocycles. The van der Waals surface area contributed by atoms with Crippen LogP contribution >= 0.6 is 0 Å². The van der Waals surface area contributed by atoms with Crippen LogP contribution in [0.2, 0.25) is 0 Å². The molecule has 2 aromatic rings. The van der Waals surface area contributed by atoms with E-state index < -0.39 is 5.41 Å². The van der Waals surface area contributed by atoms with Gasteiger partial charge >= 0.3 is 0 Å². The number of ether oxygens (including phenoxy) is 1. The van der Waals surface area contributed by atoms with Gasteiger partial charge in [0.15, 0.2) is 0 Å². The zero-order chi connectivity index (χ0) is 23.0. The molecular weight excluding hydrogens is 420 g/mol. The molecule has 3 fully saturated rings. The number of nitrogens with one attached hydrogen (secondary N) is 1. The molecule has 170 valence electrons. The molecule has 2 aliphatic heterocycles. The molecule has 0 unspecified atom stereocenters. The fourth-order valence-corrected chi connectivity index (χ4v) is 4.78. The number of benzene rings is 1. The number of nitriles is 1. The Bertz CT molecular complexity index is 1110. The molecule has 3 aliphatic rings. The van der Waals surface area contributed by atoms with Crippen molar-refractivity contribution in [2.24, 2.45) is 11.3 Å². The summed E-state index contributed by atoms with van der Waals surface area (Å²) in [6.45, 7) is 1.79. The van der Waals surface area contributed by atoms with E-state index >= 15 is 0 Å². The van der Waals surface area contributed by atoms with Crippen LogP contribution in [0.4, 0.5) is 17.5 Å². The summed E-state index contributed by atoms with van der Waals surface area (Å²) >= 11 is 0. The van der Waals surface area contributed by atoms with Gasteiger partial charge in [-0.3, -0.25) is 14.5 Å². The molecule has 2 atom stereocenters. The molecule has 0 radical (unpaired) electrons. The van der Waals surface area contributed by atoms with Crippen LogP contribution in [0, 0.1) is 22.7 Å². The number of methoxy groups -OCH3 is 1. The summed E-state index contributed by atoms with van der Waals surface area (Å²) in [5.41, 5.74) is 0.444. The molecule has 5 rings (SSSR count). The van der Waals surface area contributed by atoms with Gasteiger partial charge in [0.25, 0.3) is 5.91 Å². The average Bonchev–Trinajstić information content (AvgIpc) is 3.48. The number of rotatable bonds is 6. The van der Waals surface area contributed by atoms with Crippen molar-refractivity contribution in [2.45, 2.75) is 31.8 Å². The van der Waals surface area contributed by atoms with E-state index in [0.717, 1.165) is 24.9 Å². The Kier molecular flexibility index (Phi) is 5.46. The van der Waals surface area contributed by atoms with E-state index in [1.807, 2.05) is 12.1 Å². The molecule has 1 aliphatic carbocycles. The van der Waals surface area contributed by atoms with E-state index in [-0.39, 0.29) is 23.8 Å². The van der Waals surface area contributed by atoms with Crippen LogP contribution in [0.5, 0.6) is 0 Å². The Morgan fingerprint density at radius 3 is 2.67 bits per heavy atom. The summed E-state index contributed by atoms with van der Waals surface area (Å²) in [6.07, 6.45) is 4.96. The fourth-order valence-electron chi connectivity index (χ4n) is 4.78. The number of carbonyl (C=O) groups excluding carboxylic acids is 2. The van der Waals surface area contributed by atoms with Crippen LogP contribution in [0.15, 0.2) is 36.5 Å². The van der Waals surface area contributed by atoms with E-state index in [9.17, 15) is 14.9 Å². The van der Waals surface area contributed by atoms with Gasteiger partial charge in [0.05, 0.1) is 12.2 Å². The maximum absolute atomic E-state index is 13.0. The predicted octanol–water partition coefficient (Wildman–Crippen LogP) is 2.74. The van der Waals surface area contributed by atoms with Gasteiger partial charge in [-0.25, -0.2) is 4.98 Å². The highest BCUT2D eigenvalue weighted by molar-refractivity contribution is 6.01. The van der Waals surface area contributed by atoms with Crippen molar-refractivity contribution in [1.29, 1.82) is 5.26 Å². The Balaban J connectivity index is 1.26. The molecule has 3 heterocycles. The lowest BCUT2D eigenvalue weighted by Gasteiger charge is -2.20. The van der Waals surface area contributed by atoms with Crippen molar-refractivity contribution in [3.05, 3.63) is 42.1 Å². The van der Waals surface area contributed by atoms with Gasteiger partial charge in [-0.05, 0) is 61.9 Å². The van der Waals surface area contributed by atoms with Crippen LogP contribution in [0.1, 0.15) is 36.0 Å². The summed E-state index contributed by atoms with van der Waals surface area (Å²) in [5, 5.41) is 12.8. The number of likely N-dealkylation sites (tertiary alicyclic amines) is 1. The van der Waals surface area contributed by atoms with Gasteiger partial charge in [-0.15, -0.1) is 0 Å². The predicted molar refractivity (Wildman–Crippen MR) is 121 cm³/mol. The fraction of sp³-hybridized carbons (Fsp3) is 0.458. The Labute approximate surface area is 192 Å². The lowest BCUT2D eigenvalue weighted by atomic mass is 9.83. The molecular formula is C24H26N6O3. The van der Waals surface area contributed by atoms with E-state index in [2.05, 4.69) is 21.4 Å². The number of aromatic nitrogens is 2. The summed E-state index contributed by atoms with van der Waals surface area (Å²) < 4.78 is 5.34. The highest BCUT2D eigenvalue weighted by Gasteiger charge is 2.57. The summed E-state index contributed by atoms with van der Waals surface area (Å²) in [7, 11) is 1.67. The zero-order valence-electron chi connectivity index (χ0n) is 18.5. The quantitative estimate of drug-likeness (QED) is 0.726. The van der Waals surface area contributed by atoms with Gasteiger partial charge in [0.2, 0.25) is 11.9 Å². The number of carbonyl (C=O) groups is 2. The van der Waals surface area contributed by atoms with E-state index in [0.29, 0.717) is 43.4 Å². The first-order chi connectivity index (χ1) is 16.0. The van der Waals surface area contributed by atoms with Gasteiger partial charge in [-0.1, -0.05) is 0 Å². The van der Waals surface area contributed by atoms with Gasteiger partial charge in [0.1, 0.15) is 11.2 Å². The van der Waals surface area contributed by atoms with E-state index in [4.69, 9.17) is 4.74 Å². The minimum atomic E-state index is -0.903. The Morgan fingerprint density at radius 1 is 1.21 bits per heavy atom. The third-order valence-corrected chi connectivity index (χ3v) is 6.90. The minimum Gasteiger partial charge on any atom is -0.380 e. The number of anilines is 3. The molecule has 33 heavy (non-hydrogen) atoms. The van der Waals surface area contributed by atoms with Crippen molar-refractivity contribution >= 4 is 29.3 Å². The van der Waals surface area contributed by atoms with Crippen molar-refractivity contribution < 1.29 is 14.3 Å². The lowest BCUT2D eigenvalue weighted by Crippen LogP contribution is -2.35. The topological polar surface area (TPSA) is 111 Å². The first kappa shape index (κ1) is 21.3. The van der Waals surface area contributed by atoms with Gasteiger partial charge in [0, 0.05) is 44.2 Å². The van der Waals surface area contributed by atoms with Crippen LogP contribution < -0.4 is 10.2 Å². The Hall–Kier alpha value is -3.51. The Morgan fingerprint density at radius 2 is 2.00 bits per heavy atom. The first-order valence-corrected chi connectivity index (χ1v) is 11.3. The lowest BCUT2D eigenvalue weighted by molar-refractivity contribution is -0.123. The smallest absolute Gasteiger partial charge is 0.253 e. The second-order valence-corrected chi connectivity index (χ2v) is 8.90. The number of amides is 2. The third-order valence-electron chi connectivity index (χ3n) is 6.90. The molecule has 2 amide bonds.